The molecule has 0 saturated heterocycles. The monoisotopic (exact) mass is 291 g/mol. The molecule has 0 fully saturated rings. The van der Waals surface area contributed by atoms with Crippen molar-refractivity contribution in [2.75, 3.05) is 18.1 Å². The fourth-order valence-corrected chi connectivity index (χ4v) is 2.97. The van der Waals surface area contributed by atoms with Crippen molar-refractivity contribution >= 4 is 0 Å². The second-order valence-corrected chi connectivity index (χ2v) is 5.17. The molecule has 1 aromatic carbocycles. The second kappa shape index (κ2) is 3.74. The van der Waals surface area contributed by atoms with Crippen LogP contribution >= 0.6 is 0 Å². The van der Waals surface area contributed by atoms with Crippen LogP contribution in [0.2, 0.25) is 0 Å². The van der Waals surface area contributed by atoms with E-state index >= 15 is 0 Å². The van der Waals surface area contributed by atoms with E-state index in [1.807, 2.05) is 0 Å². The summed E-state index contributed by atoms with van der Waals surface area (Å²) in [6.45, 7) is 3.49. The Morgan fingerprint density at radius 2 is 1.77 bits per heavy atom. The predicted molar refractivity (Wildman–Crippen MR) is 46.8 cm³/mol. The summed E-state index contributed by atoms with van der Waals surface area (Å²) in [4.78, 5) is 2.26. The van der Waals surface area contributed by atoms with Crippen molar-refractivity contribution in [1.82, 2.24) is 0 Å². The maximum absolute atomic E-state index is 5.51. The summed E-state index contributed by atoms with van der Waals surface area (Å²) >= 11 is 0.135. The van der Waals surface area contributed by atoms with Crippen LogP contribution in [0.25, 0.3) is 0 Å². The molecule has 0 aromatic heterocycles. The molecule has 1 aromatic rings. The van der Waals surface area contributed by atoms with Gasteiger partial charge in [0, 0.05) is 0 Å². The van der Waals surface area contributed by atoms with Gasteiger partial charge >= 0.3 is 88.5 Å². The van der Waals surface area contributed by atoms with Gasteiger partial charge in [-0.3, -0.25) is 0 Å². The van der Waals surface area contributed by atoms with Crippen molar-refractivity contribution in [3.05, 3.63) is 21.3 Å². The van der Waals surface area contributed by atoms with E-state index in [1.54, 1.807) is 0 Å². The molecule has 1 aliphatic heterocycles. The Morgan fingerprint density at radius 3 is 2.38 bits per heavy atom. The standard InChI is InChI=1S/C10H12IO2/c1-7-5-9-10(6-8(7)11-2)13-4-3-12-9/h5-6H,3-4H2,1-2H3/q-1. The Bertz CT molecular complexity index is 323. The van der Waals surface area contributed by atoms with Crippen LogP contribution in [-0.2, 0) is 0 Å². The summed E-state index contributed by atoms with van der Waals surface area (Å²) in [5.74, 6) is 1.83. The summed E-state index contributed by atoms with van der Waals surface area (Å²) in [7, 11) is 0. The van der Waals surface area contributed by atoms with E-state index in [0.29, 0.717) is 13.2 Å². The zero-order valence-electron chi connectivity index (χ0n) is 7.76. The van der Waals surface area contributed by atoms with Gasteiger partial charge in [0.25, 0.3) is 0 Å². The molecule has 0 radical (unpaired) electrons. The zero-order valence-corrected chi connectivity index (χ0v) is 9.92. The van der Waals surface area contributed by atoms with Gasteiger partial charge in [-0.15, -0.1) is 0 Å². The topological polar surface area (TPSA) is 18.5 Å². The summed E-state index contributed by atoms with van der Waals surface area (Å²) in [6, 6.07) is 4.23. The molecule has 0 bridgehead atoms. The third kappa shape index (κ3) is 1.75. The molecule has 2 rings (SSSR count). The average Bonchev–Trinajstić information content (AvgIpc) is 2.17. The third-order valence-corrected chi connectivity index (χ3v) is 4.35. The van der Waals surface area contributed by atoms with Crippen LogP contribution in [0.4, 0.5) is 0 Å². The molecular formula is C10H12IO2-. The second-order valence-electron chi connectivity index (χ2n) is 2.93. The molecule has 1 heterocycles. The molecule has 2 nitrogen and oxygen atoms in total. The Kier molecular flexibility index (Phi) is 2.62. The number of halogens is 1. The molecule has 1 aliphatic rings. The van der Waals surface area contributed by atoms with Crippen molar-refractivity contribution in [1.29, 1.82) is 0 Å². The zero-order chi connectivity index (χ0) is 9.26. The van der Waals surface area contributed by atoms with Crippen LogP contribution in [0.15, 0.2) is 12.1 Å². The number of hydrogen-bond acceptors (Lipinski definition) is 2. The van der Waals surface area contributed by atoms with Crippen LogP contribution in [0.3, 0.4) is 0 Å². The van der Waals surface area contributed by atoms with E-state index in [9.17, 15) is 0 Å². The first-order valence-corrected chi connectivity index (χ1v) is 7.44. The fraction of sp³-hybridized carbons (Fsp3) is 0.400. The van der Waals surface area contributed by atoms with E-state index in [0.717, 1.165) is 11.5 Å². The molecule has 0 spiro atoms. The van der Waals surface area contributed by atoms with E-state index in [-0.39, 0.29) is 21.2 Å². The van der Waals surface area contributed by atoms with Gasteiger partial charge < -0.3 is 0 Å². The van der Waals surface area contributed by atoms with Gasteiger partial charge in [0.2, 0.25) is 0 Å². The number of alkyl halides is 1. The predicted octanol–water partition coefficient (Wildman–Crippen LogP) is -1.35. The fourth-order valence-electron chi connectivity index (χ4n) is 1.37. The molecule has 72 valence electrons. The van der Waals surface area contributed by atoms with E-state index < -0.39 is 0 Å². The van der Waals surface area contributed by atoms with Gasteiger partial charge in [0.05, 0.1) is 0 Å². The van der Waals surface area contributed by atoms with Gasteiger partial charge in [0.1, 0.15) is 0 Å². The summed E-state index contributed by atoms with van der Waals surface area (Å²) in [6.07, 6.45) is 0. The van der Waals surface area contributed by atoms with Gasteiger partial charge in [-0.25, -0.2) is 0 Å². The van der Waals surface area contributed by atoms with Crippen molar-refractivity contribution < 1.29 is 30.7 Å². The van der Waals surface area contributed by atoms with Crippen LogP contribution in [0, 0.1) is 10.5 Å². The molecule has 0 N–H and O–H groups in total. The normalized spacial score (nSPS) is 14.6. The van der Waals surface area contributed by atoms with Gasteiger partial charge in [0.15, 0.2) is 0 Å². The molecular weight excluding hydrogens is 279 g/mol. The van der Waals surface area contributed by atoms with Crippen molar-refractivity contribution in [2.24, 2.45) is 0 Å². The minimum absolute atomic E-state index is 0.135. The summed E-state index contributed by atoms with van der Waals surface area (Å²) in [5, 5.41) is 0. The Hall–Kier alpha value is -0.450. The Labute approximate surface area is 88.5 Å². The van der Waals surface area contributed by atoms with Crippen molar-refractivity contribution in [3.63, 3.8) is 0 Å². The van der Waals surface area contributed by atoms with E-state index in [2.05, 4.69) is 24.0 Å². The van der Waals surface area contributed by atoms with Crippen LogP contribution in [0.5, 0.6) is 11.5 Å². The van der Waals surface area contributed by atoms with Crippen LogP contribution in [-0.4, -0.2) is 18.1 Å². The number of rotatable bonds is 1. The van der Waals surface area contributed by atoms with Crippen LogP contribution in [0.1, 0.15) is 5.56 Å². The van der Waals surface area contributed by atoms with E-state index in [4.69, 9.17) is 9.47 Å². The number of aryl methyl sites for hydroxylation is 1. The van der Waals surface area contributed by atoms with E-state index in [1.165, 1.54) is 9.13 Å². The molecule has 0 amide bonds. The molecule has 0 atom stereocenters. The average molecular weight is 291 g/mol. The Balaban J connectivity index is 2.44. The van der Waals surface area contributed by atoms with Crippen LogP contribution < -0.4 is 30.7 Å². The summed E-state index contributed by atoms with van der Waals surface area (Å²) < 4.78 is 12.5. The quantitative estimate of drug-likeness (QED) is 0.471. The summed E-state index contributed by atoms with van der Waals surface area (Å²) in [5.41, 5.74) is 1.33. The molecule has 0 aliphatic carbocycles. The first-order valence-electron chi connectivity index (χ1n) is 4.21. The first kappa shape index (κ1) is 9.12. The third-order valence-electron chi connectivity index (χ3n) is 2.03. The van der Waals surface area contributed by atoms with Crippen molar-refractivity contribution in [2.45, 2.75) is 6.92 Å². The number of ether oxygens (including phenoxy) is 2. The van der Waals surface area contributed by atoms with Gasteiger partial charge in [-0.05, 0) is 0 Å². The van der Waals surface area contributed by atoms with Gasteiger partial charge in [-0.2, -0.15) is 0 Å². The number of fused-ring (bicyclic) bond motifs is 1. The Morgan fingerprint density at radius 1 is 1.15 bits per heavy atom. The minimum atomic E-state index is 0.135. The molecule has 0 unspecified atom stereocenters. The molecule has 13 heavy (non-hydrogen) atoms. The molecule has 0 saturated carbocycles. The maximum atomic E-state index is 5.51. The SMILES string of the molecule is C[I-]c1cc2c(cc1C)OCCO2. The van der Waals surface area contributed by atoms with Crippen molar-refractivity contribution in [3.8, 4) is 11.5 Å². The van der Waals surface area contributed by atoms with Gasteiger partial charge in [-0.1, -0.05) is 0 Å². The molecule has 3 heteroatoms. The first-order chi connectivity index (χ1) is 6.31. The number of benzene rings is 1. The number of hydrogen-bond donors (Lipinski definition) is 0.